The summed E-state index contributed by atoms with van der Waals surface area (Å²) in [6, 6.07) is -1.02. The van der Waals surface area contributed by atoms with Crippen LogP contribution in [-0.4, -0.2) is 42.5 Å². The summed E-state index contributed by atoms with van der Waals surface area (Å²) < 4.78 is 9.28. The van der Waals surface area contributed by atoms with Crippen molar-refractivity contribution >= 4 is 12.1 Å². The smallest absolute Gasteiger partial charge is 0.422 e. The molecule has 0 heterocycles. The van der Waals surface area contributed by atoms with Crippen LogP contribution in [0.2, 0.25) is 0 Å². The molecule has 0 saturated heterocycles. The second-order valence-electron chi connectivity index (χ2n) is 4.03. The highest BCUT2D eigenvalue weighted by molar-refractivity contribution is 5.76. The van der Waals surface area contributed by atoms with E-state index in [0.29, 0.717) is 0 Å². The zero-order valence-electron chi connectivity index (χ0n) is 9.86. The van der Waals surface area contributed by atoms with E-state index in [-0.39, 0.29) is 0 Å². The van der Waals surface area contributed by atoms with Gasteiger partial charge < -0.3 is 14.6 Å². The molecular formula is C9H18N2O5. The second-order valence-corrected chi connectivity index (χ2v) is 4.03. The van der Waals surface area contributed by atoms with Crippen LogP contribution in [0.15, 0.2) is 0 Å². The molecular weight excluding hydrogens is 216 g/mol. The van der Waals surface area contributed by atoms with E-state index in [1.54, 1.807) is 20.8 Å². The minimum Gasteiger partial charge on any atom is -0.468 e. The Morgan fingerprint density at radius 2 is 1.94 bits per heavy atom. The standard InChI is InChI=1S/C9H18N2O5/c1-9(2,3)16-8(14)11-10-6(5-12)7(13)15-4/h6,10,12H,5H2,1-4H3,(H,11,14)/t6-/m0/s1. The molecule has 0 spiro atoms. The lowest BCUT2D eigenvalue weighted by Crippen LogP contribution is -2.51. The van der Waals surface area contributed by atoms with E-state index >= 15 is 0 Å². The van der Waals surface area contributed by atoms with Crippen LogP contribution in [0.1, 0.15) is 20.8 Å². The van der Waals surface area contributed by atoms with Gasteiger partial charge in [-0.25, -0.2) is 10.2 Å². The summed E-state index contributed by atoms with van der Waals surface area (Å²) in [5.41, 5.74) is 3.79. The zero-order chi connectivity index (χ0) is 12.8. The molecule has 94 valence electrons. The third-order valence-corrected chi connectivity index (χ3v) is 1.42. The number of carbonyl (C=O) groups excluding carboxylic acids is 2. The summed E-state index contributed by atoms with van der Waals surface area (Å²) in [5, 5.41) is 8.82. The van der Waals surface area contributed by atoms with Crippen LogP contribution in [0.3, 0.4) is 0 Å². The first-order valence-electron chi connectivity index (χ1n) is 4.73. The van der Waals surface area contributed by atoms with Gasteiger partial charge in [0.05, 0.1) is 13.7 Å². The first-order chi connectivity index (χ1) is 7.30. The molecule has 0 aliphatic carbocycles. The number of ether oxygens (including phenoxy) is 2. The molecule has 7 heteroatoms. The maximum absolute atomic E-state index is 11.2. The van der Waals surface area contributed by atoms with E-state index in [0.717, 1.165) is 0 Å². The van der Waals surface area contributed by atoms with Crippen molar-refractivity contribution in [2.24, 2.45) is 0 Å². The maximum atomic E-state index is 11.2. The van der Waals surface area contributed by atoms with Gasteiger partial charge in [-0.3, -0.25) is 10.2 Å². The van der Waals surface area contributed by atoms with Crippen LogP contribution in [0.5, 0.6) is 0 Å². The molecule has 0 bridgehead atoms. The normalized spacial score (nSPS) is 12.8. The largest absolute Gasteiger partial charge is 0.468 e. The average molecular weight is 234 g/mol. The highest BCUT2D eigenvalue weighted by Crippen LogP contribution is 2.05. The number of nitrogens with one attached hydrogen (secondary N) is 2. The monoisotopic (exact) mass is 234 g/mol. The van der Waals surface area contributed by atoms with Crippen LogP contribution in [-0.2, 0) is 14.3 Å². The second kappa shape index (κ2) is 6.29. The van der Waals surface area contributed by atoms with E-state index in [1.165, 1.54) is 7.11 Å². The lowest BCUT2D eigenvalue weighted by atomic mass is 10.2. The first kappa shape index (κ1) is 14.7. The van der Waals surface area contributed by atoms with E-state index in [2.05, 4.69) is 15.6 Å². The number of hydrazine groups is 1. The number of carbonyl (C=O) groups is 2. The Labute approximate surface area is 94.1 Å². The van der Waals surface area contributed by atoms with Gasteiger partial charge in [-0.15, -0.1) is 0 Å². The average Bonchev–Trinajstić information content (AvgIpc) is 2.15. The Balaban J connectivity index is 4.03. The molecule has 16 heavy (non-hydrogen) atoms. The Kier molecular flexibility index (Phi) is 5.76. The summed E-state index contributed by atoms with van der Waals surface area (Å²) in [7, 11) is 1.18. The van der Waals surface area contributed by atoms with Crippen molar-refractivity contribution in [3.8, 4) is 0 Å². The van der Waals surface area contributed by atoms with Crippen molar-refractivity contribution in [3.63, 3.8) is 0 Å². The molecule has 0 aromatic carbocycles. The van der Waals surface area contributed by atoms with Crippen molar-refractivity contribution < 1.29 is 24.2 Å². The number of hydrogen-bond donors (Lipinski definition) is 3. The van der Waals surface area contributed by atoms with E-state index in [9.17, 15) is 9.59 Å². The van der Waals surface area contributed by atoms with Crippen LogP contribution >= 0.6 is 0 Å². The summed E-state index contributed by atoms with van der Waals surface area (Å²) >= 11 is 0. The van der Waals surface area contributed by atoms with Crippen molar-refractivity contribution in [1.82, 2.24) is 10.9 Å². The van der Waals surface area contributed by atoms with Gasteiger partial charge in [0, 0.05) is 0 Å². The summed E-state index contributed by atoms with van der Waals surface area (Å²) in [6.07, 6.45) is -0.741. The van der Waals surface area contributed by atoms with Gasteiger partial charge >= 0.3 is 12.1 Å². The Morgan fingerprint density at radius 3 is 2.31 bits per heavy atom. The van der Waals surface area contributed by atoms with E-state index in [1.807, 2.05) is 0 Å². The fraction of sp³-hybridized carbons (Fsp3) is 0.778. The van der Waals surface area contributed by atoms with Gasteiger partial charge in [0.1, 0.15) is 11.6 Å². The first-order valence-corrected chi connectivity index (χ1v) is 4.73. The highest BCUT2D eigenvalue weighted by Gasteiger charge is 2.20. The Bertz CT molecular complexity index is 249. The van der Waals surface area contributed by atoms with Gasteiger partial charge in [0.2, 0.25) is 0 Å². The molecule has 0 rings (SSSR count). The topological polar surface area (TPSA) is 96.9 Å². The molecule has 0 aliphatic heterocycles. The van der Waals surface area contributed by atoms with E-state index in [4.69, 9.17) is 9.84 Å². The molecule has 0 saturated carbocycles. The maximum Gasteiger partial charge on any atom is 0.422 e. The number of aliphatic hydroxyl groups excluding tert-OH is 1. The fourth-order valence-electron chi connectivity index (χ4n) is 0.771. The number of aliphatic hydroxyl groups is 1. The number of esters is 1. The molecule has 7 nitrogen and oxygen atoms in total. The third-order valence-electron chi connectivity index (χ3n) is 1.42. The predicted octanol–water partition coefficient (Wildman–Crippen LogP) is -0.450. The van der Waals surface area contributed by atoms with Gasteiger partial charge in [0.25, 0.3) is 0 Å². The van der Waals surface area contributed by atoms with Gasteiger partial charge in [-0.05, 0) is 20.8 Å². The minimum atomic E-state index is -1.02. The van der Waals surface area contributed by atoms with Crippen LogP contribution in [0.25, 0.3) is 0 Å². The molecule has 1 amide bonds. The molecule has 0 aromatic rings. The molecule has 0 unspecified atom stereocenters. The lowest BCUT2D eigenvalue weighted by molar-refractivity contribution is -0.144. The van der Waals surface area contributed by atoms with Crippen LogP contribution in [0.4, 0.5) is 4.79 Å². The summed E-state index contributed by atoms with van der Waals surface area (Å²) in [5.74, 6) is -0.682. The van der Waals surface area contributed by atoms with Crippen LogP contribution < -0.4 is 10.9 Å². The SMILES string of the molecule is COC(=O)[C@H](CO)NNC(=O)OC(C)(C)C. The van der Waals surface area contributed by atoms with Crippen molar-refractivity contribution in [3.05, 3.63) is 0 Å². The molecule has 0 aliphatic rings. The Morgan fingerprint density at radius 1 is 1.38 bits per heavy atom. The molecule has 1 atom stereocenters. The summed E-state index contributed by atoms with van der Waals surface area (Å²) in [4.78, 5) is 22.2. The summed E-state index contributed by atoms with van der Waals surface area (Å²) in [6.45, 7) is 4.62. The predicted molar refractivity (Wildman–Crippen MR) is 55.4 cm³/mol. The molecule has 3 N–H and O–H groups in total. The number of amides is 1. The fourth-order valence-corrected chi connectivity index (χ4v) is 0.771. The molecule has 0 aromatic heterocycles. The van der Waals surface area contributed by atoms with Gasteiger partial charge in [-0.1, -0.05) is 0 Å². The quantitative estimate of drug-likeness (QED) is 0.450. The van der Waals surface area contributed by atoms with Gasteiger partial charge in [0.15, 0.2) is 0 Å². The minimum absolute atomic E-state index is 0.498. The lowest BCUT2D eigenvalue weighted by Gasteiger charge is -2.21. The third kappa shape index (κ3) is 6.20. The molecule has 0 fully saturated rings. The number of methoxy groups -OCH3 is 1. The van der Waals surface area contributed by atoms with Crippen molar-refractivity contribution in [2.75, 3.05) is 13.7 Å². The Hall–Kier alpha value is -1.34. The highest BCUT2D eigenvalue weighted by atomic mass is 16.6. The van der Waals surface area contributed by atoms with Crippen molar-refractivity contribution in [1.29, 1.82) is 0 Å². The number of hydrogen-bond acceptors (Lipinski definition) is 6. The van der Waals surface area contributed by atoms with E-state index < -0.39 is 30.3 Å². The zero-order valence-corrected chi connectivity index (χ0v) is 9.86. The molecule has 0 radical (unpaired) electrons. The van der Waals surface area contributed by atoms with Gasteiger partial charge in [-0.2, -0.15) is 0 Å². The van der Waals surface area contributed by atoms with Crippen molar-refractivity contribution in [2.45, 2.75) is 32.4 Å². The number of rotatable bonds is 4. The van der Waals surface area contributed by atoms with Crippen LogP contribution in [0, 0.1) is 0 Å².